The minimum absolute atomic E-state index is 0.346. The van der Waals surface area contributed by atoms with Crippen LogP contribution in [0, 0.1) is 5.82 Å². The van der Waals surface area contributed by atoms with E-state index in [9.17, 15) is 9.18 Å². The number of halogens is 1. The summed E-state index contributed by atoms with van der Waals surface area (Å²) in [5.41, 5.74) is 0.880. The van der Waals surface area contributed by atoms with Gasteiger partial charge in [-0.05, 0) is 30.5 Å². The summed E-state index contributed by atoms with van der Waals surface area (Å²) in [6.07, 6.45) is 1.70. The molecule has 20 heavy (non-hydrogen) atoms. The summed E-state index contributed by atoms with van der Waals surface area (Å²) in [7, 11) is 0. The molecule has 0 bridgehead atoms. The number of aromatic carboxylic acids is 1. The van der Waals surface area contributed by atoms with Crippen LogP contribution in [-0.4, -0.2) is 17.7 Å². The monoisotopic (exact) mass is 274 g/mol. The molecule has 4 heteroatoms. The lowest BCUT2D eigenvalue weighted by Crippen LogP contribution is -2.03. The highest BCUT2D eigenvalue weighted by atomic mass is 19.1. The van der Waals surface area contributed by atoms with Crippen molar-refractivity contribution < 1.29 is 19.0 Å². The number of carboxylic acids is 1. The van der Waals surface area contributed by atoms with E-state index in [-0.39, 0.29) is 5.56 Å². The van der Waals surface area contributed by atoms with Crippen LogP contribution in [0.15, 0.2) is 48.5 Å². The van der Waals surface area contributed by atoms with Crippen molar-refractivity contribution in [1.29, 1.82) is 0 Å². The van der Waals surface area contributed by atoms with Crippen molar-refractivity contribution >= 4 is 5.97 Å². The predicted molar refractivity (Wildman–Crippen MR) is 73.6 cm³/mol. The van der Waals surface area contributed by atoms with E-state index in [0.717, 1.165) is 18.9 Å². The van der Waals surface area contributed by atoms with Crippen LogP contribution < -0.4 is 4.74 Å². The molecule has 0 aliphatic carbocycles. The molecule has 0 aromatic heterocycles. The average molecular weight is 274 g/mol. The molecule has 0 saturated heterocycles. The van der Waals surface area contributed by atoms with Gasteiger partial charge in [-0.15, -0.1) is 0 Å². The van der Waals surface area contributed by atoms with E-state index in [1.54, 1.807) is 0 Å². The van der Waals surface area contributed by atoms with Crippen molar-refractivity contribution in [2.75, 3.05) is 6.61 Å². The van der Waals surface area contributed by atoms with Crippen LogP contribution in [0.3, 0.4) is 0 Å². The molecule has 2 aromatic carbocycles. The maximum atomic E-state index is 13.4. The van der Waals surface area contributed by atoms with Crippen LogP contribution in [0.4, 0.5) is 4.39 Å². The number of carbonyl (C=O) groups is 1. The quantitative estimate of drug-likeness (QED) is 0.820. The SMILES string of the molecule is O=C(O)c1ccc(OCCCc2ccccc2)cc1F. The lowest BCUT2D eigenvalue weighted by Gasteiger charge is -2.07. The minimum atomic E-state index is -1.28. The van der Waals surface area contributed by atoms with Crippen molar-refractivity contribution in [2.24, 2.45) is 0 Å². The van der Waals surface area contributed by atoms with E-state index >= 15 is 0 Å². The number of carboxylic acid groups (broad SMARTS) is 1. The van der Waals surface area contributed by atoms with E-state index in [4.69, 9.17) is 9.84 Å². The maximum Gasteiger partial charge on any atom is 0.338 e. The molecule has 0 radical (unpaired) electrons. The topological polar surface area (TPSA) is 46.5 Å². The molecule has 0 amide bonds. The first-order chi connectivity index (χ1) is 9.66. The van der Waals surface area contributed by atoms with Crippen LogP contribution in [0.1, 0.15) is 22.3 Å². The summed E-state index contributed by atoms with van der Waals surface area (Å²) in [6.45, 7) is 0.459. The van der Waals surface area contributed by atoms with Crippen molar-refractivity contribution in [2.45, 2.75) is 12.8 Å². The van der Waals surface area contributed by atoms with E-state index in [1.807, 2.05) is 30.3 Å². The minimum Gasteiger partial charge on any atom is -0.493 e. The summed E-state index contributed by atoms with van der Waals surface area (Å²) in [5.74, 6) is -1.71. The van der Waals surface area contributed by atoms with Gasteiger partial charge in [0, 0.05) is 6.07 Å². The highest BCUT2D eigenvalue weighted by Crippen LogP contribution is 2.17. The van der Waals surface area contributed by atoms with Gasteiger partial charge in [-0.3, -0.25) is 0 Å². The van der Waals surface area contributed by atoms with Crippen LogP contribution >= 0.6 is 0 Å². The first-order valence-corrected chi connectivity index (χ1v) is 6.36. The van der Waals surface area contributed by atoms with Crippen LogP contribution in [-0.2, 0) is 6.42 Å². The number of rotatable bonds is 6. The molecule has 104 valence electrons. The Labute approximate surface area is 116 Å². The van der Waals surface area contributed by atoms with Gasteiger partial charge in [-0.2, -0.15) is 0 Å². The zero-order valence-corrected chi connectivity index (χ0v) is 10.9. The van der Waals surface area contributed by atoms with E-state index in [0.29, 0.717) is 12.4 Å². The van der Waals surface area contributed by atoms with Crippen LogP contribution in [0.25, 0.3) is 0 Å². The van der Waals surface area contributed by atoms with E-state index in [1.165, 1.54) is 17.7 Å². The molecule has 1 N–H and O–H groups in total. The molecule has 0 aliphatic rings. The van der Waals surface area contributed by atoms with Gasteiger partial charge >= 0.3 is 5.97 Å². The first-order valence-electron chi connectivity index (χ1n) is 6.36. The van der Waals surface area contributed by atoms with Crippen molar-refractivity contribution in [3.8, 4) is 5.75 Å². The van der Waals surface area contributed by atoms with Crippen molar-refractivity contribution in [3.05, 3.63) is 65.5 Å². The summed E-state index contributed by atoms with van der Waals surface area (Å²) in [4.78, 5) is 10.7. The fourth-order valence-electron chi connectivity index (χ4n) is 1.87. The number of aryl methyl sites for hydroxylation is 1. The largest absolute Gasteiger partial charge is 0.493 e. The van der Waals surface area contributed by atoms with Gasteiger partial charge in [-0.25, -0.2) is 9.18 Å². The van der Waals surface area contributed by atoms with E-state index < -0.39 is 11.8 Å². The van der Waals surface area contributed by atoms with Gasteiger partial charge in [0.2, 0.25) is 0 Å². The summed E-state index contributed by atoms with van der Waals surface area (Å²) in [6, 6.07) is 13.8. The molecular formula is C16H15FO3. The Balaban J connectivity index is 1.83. The molecule has 0 aliphatic heterocycles. The van der Waals surface area contributed by atoms with Gasteiger partial charge in [0.15, 0.2) is 0 Å². The van der Waals surface area contributed by atoms with Crippen LogP contribution in [0.2, 0.25) is 0 Å². The smallest absolute Gasteiger partial charge is 0.338 e. The normalized spacial score (nSPS) is 10.2. The molecule has 2 rings (SSSR count). The fraction of sp³-hybridized carbons (Fsp3) is 0.188. The lowest BCUT2D eigenvalue weighted by atomic mass is 10.1. The summed E-state index contributed by atoms with van der Waals surface area (Å²) < 4.78 is 18.8. The van der Waals surface area contributed by atoms with Crippen molar-refractivity contribution in [1.82, 2.24) is 0 Å². The Hall–Kier alpha value is -2.36. The second-order valence-corrected chi connectivity index (χ2v) is 4.38. The van der Waals surface area contributed by atoms with Crippen molar-refractivity contribution in [3.63, 3.8) is 0 Å². The predicted octanol–water partition coefficient (Wildman–Crippen LogP) is 3.54. The molecule has 2 aromatic rings. The Kier molecular flexibility index (Phi) is 4.71. The average Bonchev–Trinajstić information content (AvgIpc) is 2.44. The van der Waals surface area contributed by atoms with E-state index in [2.05, 4.69) is 0 Å². The summed E-state index contributed by atoms with van der Waals surface area (Å²) in [5, 5.41) is 8.72. The Morgan fingerprint density at radius 2 is 1.90 bits per heavy atom. The molecule has 0 spiro atoms. The second-order valence-electron chi connectivity index (χ2n) is 4.38. The van der Waals surface area contributed by atoms with Gasteiger partial charge in [-0.1, -0.05) is 30.3 Å². The zero-order valence-electron chi connectivity index (χ0n) is 10.9. The third-order valence-corrected chi connectivity index (χ3v) is 2.89. The number of hydrogen-bond acceptors (Lipinski definition) is 2. The maximum absolute atomic E-state index is 13.4. The van der Waals surface area contributed by atoms with Gasteiger partial charge < -0.3 is 9.84 Å². The second kappa shape index (κ2) is 6.70. The molecule has 0 heterocycles. The zero-order chi connectivity index (χ0) is 14.4. The molecule has 0 saturated carbocycles. The van der Waals surface area contributed by atoms with Gasteiger partial charge in [0.05, 0.1) is 12.2 Å². The lowest BCUT2D eigenvalue weighted by molar-refractivity contribution is 0.0692. The number of benzene rings is 2. The molecule has 0 unspecified atom stereocenters. The molecule has 3 nitrogen and oxygen atoms in total. The number of ether oxygens (including phenoxy) is 1. The third kappa shape index (κ3) is 3.82. The Morgan fingerprint density at radius 3 is 2.55 bits per heavy atom. The highest BCUT2D eigenvalue weighted by Gasteiger charge is 2.10. The fourth-order valence-corrected chi connectivity index (χ4v) is 1.87. The Morgan fingerprint density at radius 1 is 1.15 bits per heavy atom. The highest BCUT2D eigenvalue weighted by molar-refractivity contribution is 5.88. The molecular weight excluding hydrogens is 259 g/mol. The first kappa shape index (κ1) is 14.1. The molecule has 0 atom stereocenters. The van der Waals surface area contributed by atoms with Gasteiger partial charge in [0.25, 0.3) is 0 Å². The summed E-state index contributed by atoms with van der Waals surface area (Å²) >= 11 is 0. The number of hydrogen-bond donors (Lipinski definition) is 1. The van der Waals surface area contributed by atoms with Crippen LogP contribution in [0.5, 0.6) is 5.75 Å². The third-order valence-electron chi connectivity index (χ3n) is 2.89. The van der Waals surface area contributed by atoms with Gasteiger partial charge in [0.1, 0.15) is 11.6 Å². The standard InChI is InChI=1S/C16H15FO3/c17-15-11-13(8-9-14(15)16(18)19)20-10-4-7-12-5-2-1-3-6-12/h1-3,5-6,8-9,11H,4,7,10H2,(H,18,19). The molecule has 0 fully saturated rings. The Bertz CT molecular complexity index is 582.